The van der Waals surface area contributed by atoms with Gasteiger partial charge in [-0.1, -0.05) is 29.8 Å². The highest BCUT2D eigenvalue weighted by atomic mass is 35.5. The van der Waals surface area contributed by atoms with Crippen LogP contribution in [0.2, 0.25) is 5.15 Å². The second kappa shape index (κ2) is 14.8. The number of carbonyl (C=O) groups excluding carboxylic acids is 3. The topological polar surface area (TPSA) is 148 Å². The van der Waals surface area contributed by atoms with Crippen LogP contribution in [0, 0.1) is 5.82 Å². The summed E-state index contributed by atoms with van der Waals surface area (Å²) < 4.78 is 24.2. The van der Waals surface area contributed by atoms with Crippen LogP contribution in [0.5, 0.6) is 0 Å². The molecule has 2 saturated heterocycles. The highest BCUT2D eigenvalue weighted by molar-refractivity contribution is 6.29. The number of benzene rings is 1. The van der Waals surface area contributed by atoms with Crippen LogP contribution in [-0.4, -0.2) is 89.8 Å². The lowest BCUT2D eigenvalue weighted by atomic mass is 9.80. The van der Waals surface area contributed by atoms with Crippen molar-refractivity contribution < 1.29 is 23.5 Å². The summed E-state index contributed by atoms with van der Waals surface area (Å²) in [7, 11) is 4.09. The number of nitrogens with zero attached hydrogens (tertiary/aromatic N) is 6. The van der Waals surface area contributed by atoms with Gasteiger partial charge >= 0.3 is 6.09 Å². The van der Waals surface area contributed by atoms with Crippen molar-refractivity contribution in [2.24, 2.45) is 14.1 Å². The zero-order valence-electron chi connectivity index (χ0n) is 37.0. The summed E-state index contributed by atoms with van der Waals surface area (Å²) in [4.78, 5) is 53.7. The fourth-order valence-electron chi connectivity index (χ4n) is 10.9. The molecule has 5 aromatic heterocycles. The van der Waals surface area contributed by atoms with Crippen molar-refractivity contribution in [1.29, 1.82) is 0 Å². The average Bonchev–Trinajstić information content (AvgIpc) is 3.72. The zero-order valence-corrected chi connectivity index (χ0v) is 37.8. The van der Waals surface area contributed by atoms with Gasteiger partial charge in [0.05, 0.1) is 39.3 Å². The van der Waals surface area contributed by atoms with Crippen LogP contribution in [0.25, 0.3) is 44.9 Å². The number of aromatic nitrogens is 5. The molecule has 1 aromatic carbocycles. The molecule has 0 radical (unpaired) electrons. The molecule has 0 bridgehead atoms. The molecule has 2 aliphatic carbocycles. The molecule has 3 N–H and O–H groups in total. The van der Waals surface area contributed by atoms with E-state index in [-0.39, 0.29) is 29.3 Å². The number of aryl methyl sites for hydroxylation is 2. The average molecular weight is 894 g/mol. The molecule has 0 atom stereocenters. The SMILES string of the molecule is Cn1c2c(c3c1-c1cc(-c4cncc(-c5ccccc5F)c4)ncc1CC3)C(=O)NC1(CNC1)C2.Cn1c2c(c3c1-c1cc(Cl)ncc1CC3)C(=O)NC1(C2)CN(C(=O)OC(C)(C)C)C1. The van der Waals surface area contributed by atoms with Gasteiger partial charge in [0.15, 0.2) is 0 Å². The van der Waals surface area contributed by atoms with Gasteiger partial charge in [0.25, 0.3) is 11.8 Å². The van der Waals surface area contributed by atoms with Crippen LogP contribution in [0.1, 0.15) is 75.1 Å². The van der Waals surface area contributed by atoms with Crippen molar-refractivity contribution >= 4 is 29.5 Å². The number of amides is 3. The Kier molecular flexibility index (Phi) is 9.43. The monoisotopic (exact) mass is 893 g/mol. The van der Waals surface area contributed by atoms with E-state index in [9.17, 15) is 18.8 Å². The van der Waals surface area contributed by atoms with Gasteiger partial charge in [-0.15, -0.1) is 0 Å². The van der Waals surface area contributed by atoms with Crippen LogP contribution in [-0.2, 0) is 57.4 Å². The molecule has 65 heavy (non-hydrogen) atoms. The van der Waals surface area contributed by atoms with E-state index in [1.807, 2.05) is 58.4 Å². The van der Waals surface area contributed by atoms with E-state index in [0.29, 0.717) is 35.8 Å². The summed E-state index contributed by atoms with van der Waals surface area (Å²) in [6.07, 6.45) is 11.7. The predicted molar refractivity (Wildman–Crippen MR) is 244 cm³/mol. The number of fused-ring (bicyclic) bond motifs is 10. The van der Waals surface area contributed by atoms with Crippen LogP contribution in [0.4, 0.5) is 9.18 Å². The smallest absolute Gasteiger partial charge is 0.410 e. The molecular weight excluding hydrogens is 845 g/mol. The Morgan fingerprint density at radius 3 is 1.95 bits per heavy atom. The van der Waals surface area contributed by atoms with E-state index in [1.165, 1.54) is 11.6 Å². The normalized spacial score (nSPS) is 18.0. The molecule has 6 aliphatic rings. The van der Waals surface area contributed by atoms with Crippen molar-refractivity contribution in [1.82, 2.24) is 44.9 Å². The highest BCUT2D eigenvalue weighted by Gasteiger charge is 2.52. The van der Waals surface area contributed by atoms with Gasteiger partial charge in [0, 0.05) is 117 Å². The molecule has 4 aliphatic heterocycles. The fraction of sp³-hybridized carbons (Fsp3) is 0.360. The van der Waals surface area contributed by atoms with Crippen molar-refractivity contribution in [2.45, 2.75) is 76.0 Å². The lowest BCUT2D eigenvalue weighted by Gasteiger charge is -2.51. The molecule has 0 saturated carbocycles. The first-order valence-electron chi connectivity index (χ1n) is 22.2. The molecule has 332 valence electrons. The van der Waals surface area contributed by atoms with Crippen molar-refractivity contribution in [2.75, 3.05) is 26.2 Å². The molecule has 6 aromatic rings. The number of ether oxygens (including phenoxy) is 1. The molecule has 0 unspecified atom stereocenters. The first-order chi connectivity index (χ1) is 31.1. The molecule has 15 heteroatoms. The third kappa shape index (κ3) is 6.82. The molecule has 3 amide bonds. The minimum atomic E-state index is -0.538. The second-order valence-corrected chi connectivity index (χ2v) is 19.9. The van der Waals surface area contributed by atoms with Gasteiger partial charge in [-0.05, 0) is 93.0 Å². The minimum absolute atomic E-state index is 0.0455. The van der Waals surface area contributed by atoms with Crippen LogP contribution >= 0.6 is 11.6 Å². The van der Waals surface area contributed by atoms with Crippen molar-refractivity contribution in [3.05, 3.63) is 123 Å². The number of pyridine rings is 3. The van der Waals surface area contributed by atoms with Crippen molar-refractivity contribution in [3.8, 4) is 44.9 Å². The fourth-order valence-corrected chi connectivity index (χ4v) is 11.1. The summed E-state index contributed by atoms with van der Waals surface area (Å²) in [5.74, 6) is -0.286. The maximum absolute atomic E-state index is 14.4. The largest absolute Gasteiger partial charge is 0.444 e. The van der Waals surface area contributed by atoms with Crippen molar-refractivity contribution in [3.63, 3.8) is 0 Å². The lowest BCUT2D eigenvalue weighted by Crippen LogP contribution is -2.74. The van der Waals surface area contributed by atoms with E-state index in [1.54, 1.807) is 29.4 Å². The summed E-state index contributed by atoms with van der Waals surface area (Å²) in [5, 5.41) is 10.2. The number of nitrogens with one attached hydrogen (secondary N) is 3. The van der Waals surface area contributed by atoms with Gasteiger partial charge in [0.2, 0.25) is 0 Å². The maximum atomic E-state index is 14.4. The number of likely N-dealkylation sites (tertiary alicyclic amines) is 1. The Morgan fingerprint density at radius 1 is 0.754 bits per heavy atom. The third-order valence-corrected chi connectivity index (χ3v) is 14.2. The van der Waals surface area contributed by atoms with E-state index >= 15 is 0 Å². The number of hydrogen-bond acceptors (Lipinski definition) is 8. The summed E-state index contributed by atoms with van der Waals surface area (Å²) >= 11 is 6.17. The quantitative estimate of drug-likeness (QED) is 0.161. The number of carbonyl (C=O) groups is 3. The van der Waals surface area contributed by atoms with Crippen LogP contribution in [0.3, 0.4) is 0 Å². The van der Waals surface area contributed by atoms with Crippen LogP contribution < -0.4 is 16.0 Å². The minimum Gasteiger partial charge on any atom is -0.444 e. The maximum Gasteiger partial charge on any atom is 0.410 e. The standard InChI is InChI=1S/C28H24FN5O.C22H25ClN4O3/c1-34-24-10-28(14-31-15-28)33-27(35)25(24)20-7-6-16-13-32-23(9-21(16)26(20)34)18-8-17(11-30-12-18)19-4-2-3-5-22(19)29;1-21(2,3)30-20(29)27-10-22(11-27)8-15-17(19(28)25-22)13-6-5-12-9-24-16(23)7-14(12)18(13)26(15)4/h2-5,8-9,11-13,31H,6-7,10,14-15H2,1H3,(H,33,35);7,9H,5-6,8,10-11H2,1-4H3,(H,25,28). The molecule has 12 rings (SSSR count). The molecular formula is C50H49ClFN9O4. The molecule has 2 spiro atoms. The zero-order chi connectivity index (χ0) is 45.2. The first kappa shape index (κ1) is 41.3. The van der Waals surface area contributed by atoms with Gasteiger partial charge < -0.3 is 34.7 Å². The Hall–Kier alpha value is -6.38. The van der Waals surface area contributed by atoms with Gasteiger partial charge in [-0.2, -0.15) is 0 Å². The van der Waals surface area contributed by atoms with Gasteiger partial charge in [-0.3, -0.25) is 19.6 Å². The highest BCUT2D eigenvalue weighted by Crippen LogP contribution is 2.44. The van der Waals surface area contributed by atoms with Crippen LogP contribution in [0.15, 0.2) is 67.3 Å². The molecule has 13 nitrogen and oxygen atoms in total. The number of halogens is 2. The molecule has 9 heterocycles. The summed E-state index contributed by atoms with van der Waals surface area (Å²) in [6, 6.07) is 12.6. The second-order valence-electron chi connectivity index (χ2n) is 19.5. The summed E-state index contributed by atoms with van der Waals surface area (Å²) in [6.45, 7) is 8.08. The van der Waals surface area contributed by atoms with Gasteiger partial charge in [0.1, 0.15) is 16.6 Å². The third-order valence-electron chi connectivity index (χ3n) is 14.0. The Bertz CT molecular complexity index is 3030. The van der Waals surface area contributed by atoms with E-state index < -0.39 is 11.1 Å². The van der Waals surface area contributed by atoms with E-state index in [2.05, 4.69) is 48.2 Å². The Balaban J connectivity index is 0.000000146. The number of hydrogen-bond donors (Lipinski definition) is 3. The predicted octanol–water partition coefficient (Wildman–Crippen LogP) is 6.80. The van der Waals surface area contributed by atoms with E-state index in [4.69, 9.17) is 21.3 Å². The van der Waals surface area contributed by atoms with Gasteiger partial charge in [-0.25, -0.2) is 14.2 Å². The lowest BCUT2D eigenvalue weighted by molar-refractivity contribution is -0.0170. The summed E-state index contributed by atoms with van der Waals surface area (Å²) in [5.41, 5.74) is 14.4. The van der Waals surface area contributed by atoms with E-state index in [0.717, 1.165) is 118 Å². The Morgan fingerprint density at radius 2 is 1.34 bits per heavy atom. The first-order valence-corrected chi connectivity index (χ1v) is 22.6. The number of rotatable bonds is 2. The Labute approximate surface area is 380 Å². The molecule has 2 fully saturated rings.